The molecule has 106 valence electrons. The third-order valence-electron chi connectivity index (χ3n) is 3.00. The Bertz CT molecular complexity index is 637. The van der Waals surface area contributed by atoms with E-state index in [9.17, 15) is 4.79 Å². The number of carbonyl (C=O) groups is 1. The lowest BCUT2D eigenvalue weighted by atomic mass is 10.1. The number of hydrogen-bond acceptors (Lipinski definition) is 3. The van der Waals surface area contributed by atoms with E-state index in [4.69, 9.17) is 5.11 Å². The number of carboxylic acids is 1. The van der Waals surface area contributed by atoms with Crippen LogP contribution in [0.25, 0.3) is 0 Å². The molecule has 0 amide bonds. The minimum absolute atomic E-state index is 0.0318. The Morgan fingerprint density at radius 1 is 1.50 bits per heavy atom. The number of benzene rings is 1. The second-order valence-corrected chi connectivity index (χ2v) is 5.39. The molecule has 0 unspecified atom stereocenters. The summed E-state index contributed by atoms with van der Waals surface area (Å²) in [5.74, 6) is -0.827. The number of anilines is 1. The Morgan fingerprint density at radius 3 is 2.85 bits per heavy atom. The van der Waals surface area contributed by atoms with Crippen LogP contribution in [-0.4, -0.2) is 20.9 Å². The summed E-state index contributed by atoms with van der Waals surface area (Å²) in [5, 5.41) is 16.4. The van der Waals surface area contributed by atoms with Gasteiger partial charge in [0.1, 0.15) is 0 Å². The predicted octanol–water partition coefficient (Wildman–Crippen LogP) is 2.73. The van der Waals surface area contributed by atoms with Gasteiger partial charge in [-0.3, -0.25) is 9.48 Å². The molecule has 5 nitrogen and oxygen atoms in total. The normalized spacial score (nSPS) is 10.6. The number of nitrogens with zero attached hydrogens (tertiary/aromatic N) is 2. The molecule has 0 aliphatic rings. The fourth-order valence-corrected chi connectivity index (χ4v) is 2.50. The molecule has 0 aliphatic heterocycles. The molecule has 0 atom stereocenters. The van der Waals surface area contributed by atoms with Gasteiger partial charge in [-0.15, -0.1) is 0 Å². The zero-order chi connectivity index (χ0) is 14.7. The van der Waals surface area contributed by atoms with Gasteiger partial charge < -0.3 is 10.4 Å². The van der Waals surface area contributed by atoms with Crippen LogP contribution in [0.5, 0.6) is 0 Å². The van der Waals surface area contributed by atoms with Gasteiger partial charge in [0.25, 0.3) is 0 Å². The number of aliphatic carboxylic acids is 1. The third kappa shape index (κ3) is 3.39. The quantitative estimate of drug-likeness (QED) is 0.880. The van der Waals surface area contributed by atoms with Crippen molar-refractivity contribution < 1.29 is 9.90 Å². The van der Waals surface area contributed by atoms with Crippen molar-refractivity contribution in [3.63, 3.8) is 0 Å². The molecule has 1 heterocycles. The molecule has 2 aromatic rings. The van der Waals surface area contributed by atoms with Crippen molar-refractivity contribution in [3.8, 4) is 0 Å². The summed E-state index contributed by atoms with van der Waals surface area (Å²) in [7, 11) is 1.90. The van der Waals surface area contributed by atoms with Gasteiger partial charge in [-0.05, 0) is 40.5 Å². The number of aryl methyl sites for hydroxylation is 2. The molecule has 2 rings (SSSR count). The summed E-state index contributed by atoms with van der Waals surface area (Å²) in [6.45, 7) is 2.56. The second kappa shape index (κ2) is 6.09. The van der Waals surface area contributed by atoms with Gasteiger partial charge in [0, 0.05) is 12.7 Å². The first-order chi connectivity index (χ1) is 9.47. The molecule has 0 bridgehead atoms. The standard InChI is InChI=1S/C14H16BrN3O2/c1-9-14(15)12(18(2)17-9)8-16-11-5-3-4-10(6-11)7-13(19)20/h3-6,16H,7-8H2,1-2H3,(H,19,20). The number of aromatic nitrogens is 2. The molecule has 0 saturated carbocycles. The zero-order valence-electron chi connectivity index (χ0n) is 11.4. The van der Waals surface area contributed by atoms with Gasteiger partial charge in [0.05, 0.1) is 28.8 Å². The molecule has 0 spiro atoms. The first-order valence-electron chi connectivity index (χ1n) is 6.20. The second-order valence-electron chi connectivity index (χ2n) is 4.59. The van der Waals surface area contributed by atoms with E-state index < -0.39 is 5.97 Å². The third-order valence-corrected chi connectivity index (χ3v) is 4.04. The average Bonchev–Trinajstić information content (AvgIpc) is 2.61. The van der Waals surface area contributed by atoms with E-state index in [1.54, 1.807) is 0 Å². The molecular formula is C14H16BrN3O2. The average molecular weight is 338 g/mol. The van der Waals surface area contributed by atoms with Crippen LogP contribution in [0.3, 0.4) is 0 Å². The topological polar surface area (TPSA) is 67.2 Å². The van der Waals surface area contributed by atoms with Crippen molar-refractivity contribution in [2.75, 3.05) is 5.32 Å². The minimum atomic E-state index is -0.827. The van der Waals surface area contributed by atoms with E-state index in [0.717, 1.165) is 27.1 Å². The Hall–Kier alpha value is -1.82. The van der Waals surface area contributed by atoms with Crippen molar-refractivity contribution in [1.29, 1.82) is 0 Å². The summed E-state index contributed by atoms with van der Waals surface area (Å²) in [5.41, 5.74) is 3.67. The van der Waals surface area contributed by atoms with Crippen molar-refractivity contribution in [1.82, 2.24) is 9.78 Å². The van der Waals surface area contributed by atoms with E-state index in [1.807, 2.05) is 42.9 Å². The van der Waals surface area contributed by atoms with E-state index in [1.165, 1.54) is 0 Å². The van der Waals surface area contributed by atoms with Crippen LogP contribution in [0.2, 0.25) is 0 Å². The lowest BCUT2D eigenvalue weighted by Gasteiger charge is -2.08. The molecule has 1 aromatic heterocycles. The fraction of sp³-hybridized carbons (Fsp3) is 0.286. The zero-order valence-corrected chi connectivity index (χ0v) is 12.9. The number of nitrogens with one attached hydrogen (secondary N) is 1. The molecule has 6 heteroatoms. The minimum Gasteiger partial charge on any atom is -0.481 e. The van der Waals surface area contributed by atoms with Gasteiger partial charge in [-0.1, -0.05) is 12.1 Å². The van der Waals surface area contributed by atoms with Crippen LogP contribution in [0.15, 0.2) is 28.7 Å². The van der Waals surface area contributed by atoms with Crippen LogP contribution in [0.1, 0.15) is 17.0 Å². The van der Waals surface area contributed by atoms with Gasteiger partial charge in [-0.25, -0.2) is 0 Å². The van der Waals surface area contributed by atoms with E-state index in [2.05, 4.69) is 26.3 Å². The molecular weight excluding hydrogens is 322 g/mol. The first-order valence-corrected chi connectivity index (χ1v) is 6.99. The van der Waals surface area contributed by atoms with E-state index >= 15 is 0 Å². The highest BCUT2D eigenvalue weighted by atomic mass is 79.9. The largest absolute Gasteiger partial charge is 0.481 e. The summed E-state index contributed by atoms with van der Waals surface area (Å²) in [4.78, 5) is 10.7. The van der Waals surface area contributed by atoms with E-state index in [0.29, 0.717) is 6.54 Å². The number of halogens is 1. The summed E-state index contributed by atoms with van der Waals surface area (Å²) in [6, 6.07) is 7.43. The SMILES string of the molecule is Cc1nn(C)c(CNc2cccc(CC(=O)O)c2)c1Br. The molecule has 0 saturated heterocycles. The van der Waals surface area contributed by atoms with E-state index in [-0.39, 0.29) is 6.42 Å². The maximum absolute atomic E-state index is 10.7. The predicted molar refractivity (Wildman–Crippen MR) is 80.8 cm³/mol. The lowest BCUT2D eigenvalue weighted by Crippen LogP contribution is -2.06. The van der Waals surface area contributed by atoms with Gasteiger partial charge >= 0.3 is 5.97 Å². The van der Waals surface area contributed by atoms with Crippen LogP contribution >= 0.6 is 15.9 Å². The molecule has 0 aliphatic carbocycles. The van der Waals surface area contributed by atoms with Gasteiger partial charge in [0.15, 0.2) is 0 Å². The Kier molecular flexibility index (Phi) is 4.44. The van der Waals surface area contributed by atoms with Crippen LogP contribution < -0.4 is 5.32 Å². The lowest BCUT2D eigenvalue weighted by molar-refractivity contribution is -0.136. The fourth-order valence-electron chi connectivity index (χ4n) is 2.02. The molecule has 0 radical (unpaired) electrons. The van der Waals surface area contributed by atoms with Crippen LogP contribution in [-0.2, 0) is 24.8 Å². The molecule has 2 N–H and O–H groups in total. The highest BCUT2D eigenvalue weighted by molar-refractivity contribution is 9.10. The van der Waals surface area contributed by atoms with Gasteiger partial charge in [0.2, 0.25) is 0 Å². The Labute approximate surface area is 125 Å². The maximum Gasteiger partial charge on any atom is 0.307 e. The number of hydrogen-bond donors (Lipinski definition) is 2. The maximum atomic E-state index is 10.7. The van der Waals surface area contributed by atoms with Crippen molar-refractivity contribution in [2.24, 2.45) is 7.05 Å². The summed E-state index contributed by atoms with van der Waals surface area (Å²) >= 11 is 3.52. The summed E-state index contributed by atoms with van der Waals surface area (Å²) in [6.07, 6.45) is 0.0318. The van der Waals surface area contributed by atoms with Crippen molar-refractivity contribution in [2.45, 2.75) is 19.9 Å². The Balaban J connectivity index is 2.09. The van der Waals surface area contributed by atoms with Crippen LogP contribution in [0.4, 0.5) is 5.69 Å². The number of rotatable bonds is 5. The monoisotopic (exact) mass is 337 g/mol. The van der Waals surface area contributed by atoms with Crippen molar-refractivity contribution in [3.05, 3.63) is 45.7 Å². The molecule has 20 heavy (non-hydrogen) atoms. The van der Waals surface area contributed by atoms with Crippen molar-refractivity contribution >= 4 is 27.6 Å². The van der Waals surface area contributed by atoms with Gasteiger partial charge in [-0.2, -0.15) is 5.10 Å². The molecule has 1 aromatic carbocycles. The Morgan fingerprint density at radius 2 is 2.25 bits per heavy atom. The first kappa shape index (κ1) is 14.6. The highest BCUT2D eigenvalue weighted by Gasteiger charge is 2.10. The smallest absolute Gasteiger partial charge is 0.307 e. The number of carboxylic acid groups (broad SMARTS) is 1. The highest BCUT2D eigenvalue weighted by Crippen LogP contribution is 2.21. The summed E-state index contributed by atoms with van der Waals surface area (Å²) < 4.78 is 2.82. The van der Waals surface area contributed by atoms with Crippen LogP contribution in [0, 0.1) is 6.92 Å². The molecule has 0 fully saturated rings.